The molecular weight excluding hydrogens is 465 g/mol. The van der Waals surface area contributed by atoms with Gasteiger partial charge in [0, 0.05) is 12.5 Å². The molecule has 0 radical (unpaired) electrons. The van der Waals surface area contributed by atoms with Crippen LogP contribution in [0.15, 0.2) is 48.5 Å². The van der Waals surface area contributed by atoms with Gasteiger partial charge in [-0.25, -0.2) is 4.79 Å². The zero-order valence-electron chi connectivity index (χ0n) is 18.7. The molecule has 3 N–H and O–H groups in total. The number of alkyl carbamates (subject to hydrolysis) is 1. The summed E-state index contributed by atoms with van der Waals surface area (Å²) in [5.41, 5.74) is 4.14. The van der Waals surface area contributed by atoms with E-state index in [0.717, 1.165) is 28.7 Å². The topological polar surface area (TPSA) is 105 Å². The summed E-state index contributed by atoms with van der Waals surface area (Å²) in [6.07, 6.45) is -3.82. The van der Waals surface area contributed by atoms with Crippen molar-refractivity contribution in [3.8, 4) is 11.1 Å². The summed E-state index contributed by atoms with van der Waals surface area (Å²) in [5.74, 6) is -6.12. The molecule has 10 heteroatoms. The number of alkyl halides is 3. The number of fused-ring (bicyclic) bond motifs is 3. The molecule has 2 aliphatic carbocycles. The van der Waals surface area contributed by atoms with Gasteiger partial charge in [0.25, 0.3) is 0 Å². The largest absolute Gasteiger partial charge is 0.481 e. The third-order valence-corrected chi connectivity index (χ3v) is 6.69. The maximum atomic E-state index is 12.9. The van der Waals surface area contributed by atoms with E-state index in [1.807, 2.05) is 53.8 Å². The fourth-order valence-corrected chi connectivity index (χ4v) is 4.59. The summed E-state index contributed by atoms with van der Waals surface area (Å²) in [4.78, 5) is 36.1. The van der Waals surface area contributed by atoms with Gasteiger partial charge in [0.05, 0.1) is 0 Å². The molecule has 0 saturated heterocycles. The van der Waals surface area contributed by atoms with Crippen LogP contribution in [-0.4, -0.2) is 48.4 Å². The number of nitrogens with one attached hydrogen (secondary N) is 2. The first-order chi connectivity index (χ1) is 16.7. The second-order valence-corrected chi connectivity index (χ2v) is 8.82. The lowest BCUT2D eigenvalue weighted by Gasteiger charge is -2.33. The van der Waals surface area contributed by atoms with Gasteiger partial charge in [-0.3, -0.25) is 9.59 Å². The van der Waals surface area contributed by atoms with Crippen molar-refractivity contribution in [1.29, 1.82) is 0 Å². The molecule has 0 aliphatic heterocycles. The van der Waals surface area contributed by atoms with Crippen molar-refractivity contribution in [3.05, 3.63) is 59.7 Å². The highest BCUT2D eigenvalue weighted by Crippen LogP contribution is 2.44. The highest BCUT2D eigenvalue weighted by molar-refractivity contribution is 5.86. The number of ether oxygens (including phenoxy) is 1. The Morgan fingerprint density at radius 2 is 1.57 bits per heavy atom. The summed E-state index contributed by atoms with van der Waals surface area (Å²) >= 11 is 0. The van der Waals surface area contributed by atoms with Gasteiger partial charge < -0.3 is 20.5 Å². The van der Waals surface area contributed by atoms with Gasteiger partial charge in [-0.15, -0.1) is 0 Å². The SMILES string of the molecule is O=C(NC(C(=O)NCC(C(=O)O)C(F)(F)F)C1CCC1)OCC1c2ccccc2-c2ccccc21. The van der Waals surface area contributed by atoms with E-state index < -0.39 is 42.7 Å². The number of carboxylic acids is 1. The molecule has 0 heterocycles. The quantitative estimate of drug-likeness (QED) is 0.518. The lowest BCUT2D eigenvalue weighted by Crippen LogP contribution is -2.54. The predicted octanol–water partition coefficient (Wildman–Crippen LogP) is 4.07. The first-order valence-corrected chi connectivity index (χ1v) is 11.4. The summed E-state index contributed by atoms with van der Waals surface area (Å²) < 4.78 is 44.2. The fourth-order valence-electron chi connectivity index (χ4n) is 4.59. The van der Waals surface area contributed by atoms with E-state index in [1.165, 1.54) is 0 Å². The van der Waals surface area contributed by atoms with Crippen molar-refractivity contribution in [2.75, 3.05) is 13.2 Å². The lowest BCUT2D eigenvalue weighted by molar-refractivity contribution is -0.192. The number of amides is 2. The Morgan fingerprint density at radius 3 is 2.06 bits per heavy atom. The maximum Gasteiger partial charge on any atom is 0.407 e. The maximum absolute atomic E-state index is 12.9. The van der Waals surface area contributed by atoms with E-state index in [1.54, 1.807) is 0 Å². The minimum absolute atomic E-state index is 0.0219. The van der Waals surface area contributed by atoms with Crippen LogP contribution in [0.1, 0.15) is 36.3 Å². The first-order valence-electron chi connectivity index (χ1n) is 11.4. The van der Waals surface area contributed by atoms with Crippen molar-refractivity contribution in [1.82, 2.24) is 10.6 Å². The number of aliphatic carboxylic acids is 1. The van der Waals surface area contributed by atoms with E-state index in [0.29, 0.717) is 12.8 Å². The van der Waals surface area contributed by atoms with Crippen LogP contribution in [0.25, 0.3) is 11.1 Å². The molecule has 1 fully saturated rings. The number of carboxylic acid groups (broad SMARTS) is 1. The molecular formula is C25H25F3N2O5. The van der Waals surface area contributed by atoms with Crippen LogP contribution in [0.4, 0.5) is 18.0 Å². The van der Waals surface area contributed by atoms with Crippen LogP contribution in [-0.2, 0) is 14.3 Å². The van der Waals surface area contributed by atoms with E-state index in [4.69, 9.17) is 9.84 Å². The summed E-state index contributed by atoms with van der Waals surface area (Å²) in [5, 5.41) is 13.3. The van der Waals surface area contributed by atoms with Crippen LogP contribution < -0.4 is 10.6 Å². The molecule has 4 rings (SSSR count). The average Bonchev–Trinajstić information content (AvgIpc) is 3.08. The summed E-state index contributed by atoms with van der Waals surface area (Å²) in [7, 11) is 0. The van der Waals surface area contributed by atoms with Gasteiger partial charge in [-0.1, -0.05) is 55.0 Å². The monoisotopic (exact) mass is 490 g/mol. The molecule has 2 aliphatic rings. The Labute approximate surface area is 199 Å². The predicted molar refractivity (Wildman–Crippen MR) is 120 cm³/mol. The van der Waals surface area contributed by atoms with E-state index >= 15 is 0 Å². The van der Waals surface area contributed by atoms with Gasteiger partial charge in [0.1, 0.15) is 12.6 Å². The van der Waals surface area contributed by atoms with Crippen LogP contribution in [0.2, 0.25) is 0 Å². The van der Waals surface area contributed by atoms with Gasteiger partial charge in [-0.2, -0.15) is 13.2 Å². The fraction of sp³-hybridized carbons (Fsp3) is 0.400. The molecule has 35 heavy (non-hydrogen) atoms. The third kappa shape index (κ3) is 5.26. The minimum atomic E-state index is -5.01. The molecule has 186 valence electrons. The van der Waals surface area contributed by atoms with Crippen molar-refractivity contribution >= 4 is 18.0 Å². The number of benzene rings is 2. The Balaban J connectivity index is 1.39. The van der Waals surface area contributed by atoms with E-state index in [2.05, 4.69) is 5.32 Å². The Morgan fingerprint density at radius 1 is 1.00 bits per heavy atom. The molecule has 0 bridgehead atoms. The van der Waals surface area contributed by atoms with E-state index in [9.17, 15) is 27.6 Å². The zero-order chi connectivity index (χ0) is 25.2. The van der Waals surface area contributed by atoms with Gasteiger partial charge in [0.2, 0.25) is 5.91 Å². The van der Waals surface area contributed by atoms with Crippen LogP contribution in [0.5, 0.6) is 0 Å². The lowest BCUT2D eigenvalue weighted by atomic mass is 9.79. The normalized spacial score (nSPS) is 16.9. The van der Waals surface area contributed by atoms with Gasteiger partial charge in [-0.05, 0) is 41.0 Å². The molecule has 1 saturated carbocycles. The van der Waals surface area contributed by atoms with Crippen molar-refractivity contribution in [2.45, 2.75) is 37.4 Å². The van der Waals surface area contributed by atoms with Gasteiger partial charge >= 0.3 is 18.2 Å². The van der Waals surface area contributed by atoms with Crippen molar-refractivity contribution < 1.29 is 37.4 Å². The molecule has 0 aromatic heterocycles. The first kappa shape index (κ1) is 24.6. The van der Waals surface area contributed by atoms with E-state index in [-0.39, 0.29) is 18.4 Å². The number of carbonyl (C=O) groups is 3. The highest BCUT2D eigenvalue weighted by atomic mass is 19.4. The second-order valence-electron chi connectivity index (χ2n) is 8.82. The number of carbonyl (C=O) groups excluding carboxylic acids is 2. The number of hydrogen-bond acceptors (Lipinski definition) is 4. The molecule has 2 unspecified atom stereocenters. The Kier molecular flexibility index (Phi) is 7.00. The summed E-state index contributed by atoms with van der Waals surface area (Å²) in [6, 6.07) is 14.5. The zero-order valence-corrected chi connectivity index (χ0v) is 18.7. The van der Waals surface area contributed by atoms with Crippen LogP contribution in [0, 0.1) is 11.8 Å². The average molecular weight is 490 g/mol. The standard InChI is InChI=1S/C25H25F3N2O5/c26-25(27,28)20(23(32)33)12-29-22(31)21(14-6-5-7-14)30-24(34)35-13-19-17-10-3-1-8-15(17)16-9-2-4-11-18(16)19/h1-4,8-11,14,19-21H,5-7,12-13H2,(H,29,31)(H,30,34)(H,32,33). The third-order valence-electron chi connectivity index (χ3n) is 6.69. The highest BCUT2D eigenvalue weighted by Gasteiger charge is 2.46. The molecule has 2 aromatic carbocycles. The van der Waals surface area contributed by atoms with Crippen molar-refractivity contribution in [3.63, 3.8) is 0 Å². The number of hydrogen-bond donors (Lipinski definition) is 3. The number of halogens is 3. The van der Waals surface area contributed by atoms with Gasteiger partial charge in [0.15, 0.2) is 5.92 Å². The minimum Gasteiger partial charge on any atom is -0.481 e. The molecule has 2 atom stereocenters. The second kappa shape index (κ2) is 9.97. The molecule has 2 amide bonds. The number of rotatable bonds is 8. The molecule has 2 aromatic rings. The van der Waals surface area contributed by atoms with Crippen LogP contribution >= 0.6 is 0 Å². The van der Waals surface area contributed by atoms with Crippen molar-refractivity contribution in [2.24, 2.45) is 11.8 Å². The molecule has 0 spiro atoms. The summed E-state index contributed by atoms with van der Waals surface area (Å²) in [6.45, 7) is -1.10. The Bertz CT molecular complexity index is 1070. The van der Waals surface area contributed by atoms with Crippen LogP contribution in [0.3, 0.4) is 0 Å². The smallest absolute Gasteiger partial charge is 0.407 e. The Hall–Kier alpha value is -3.56. The molecule has 7 nitrogen and oxygen atoms in total.